The third-order valence-electron chi connectivity index (χ3n) is 2.95. The fraction of sp³-hybridized carbons (Fsp3) is 0.533. The molecular formula is C15H22O3S. The van der Waals surface area contributed by atoms with Crippen molar-refractivity contribution in [3.8, 4) is 5.75 Å². The monoisotopic (exact) mass is 282 g/mol. The van der Waals surface area contributed by atoms with Gasteiger partial charge in [-0.05, 0) is 25.0 Å². The molecule has 0 aliphatic heterocycles. The number of ketones is 1. The van der Waals surface area contributed by atoms with Gasteiger partial charge in [0, 0.05) is 16.6 Å². The van der Waals surface area contributed by atoms with Crippen LogP contribution in [-0.4, -0.2) is 28.1 Å². The highest BCUT2D eigenvalue weighted by atomic mass is 32.2. The molecule has 0 heterocycles. The minimum atomic E-state index is -1.10. The predicted octanol–water partition coefficient (Wildman–Crippen LogP) is 3.06. The van der Waals surface area contributed by atoms with Crippen molar-refractivity contribution in [3.05, 3.63) is 29.8 Å². The third-order valence-corrected chi connectivity index (χ3v) is 4.47. The molecule has 2 atom stereocenters. The Balaban J connectivity index is 2.70. The SMILES string of the molecule is CCOc1ccccc1C(=O)CS(=O)CC(C)CC. The van der Waals surface area contributed by atoms with E-state index >= 15 is 0 Å². The first kappa shape index (κ1) is 15.9. The van der Waals surface area contributed by atoms with Gasteiger partial charge in [-0.25, -0.2) is 0 Å². The van der Waals surface area contributed by atoms with Gasteiger partial charge in [0.2, 0.25) is 0 Å². The number of ether oxygens (including phenoxy) is 1. The zero-order valence-electron chi connectivity index (χ0n) is 11.8. The summed E-state index contributed by atoms with van der Waals surface area (Å²) in [5, 5.41) is 0. The van der Waals surface area contributed by atoms with Gasteiger partial charge in [0.1, 0.15) is 5.75 Å². The molecule has 1 rings (SSSR count). The Bertz CT molecular complexity index is 443. The second-order valence-corrected chi connectivity index (χ2v) is 6.12. The maximum absolute atomic E-state index is 12.1. The van der Waals surface area contributed by atoms with E-state index in [0.29, 0.717) is 29.6 Å². The van der Waals surface area contributed by atoms with E-state index in [-0.39, 0.29) is 11.5 Å². The van der Waals surface area contributed by atoms with Gasteiger partial charge in [-0.3, -0.25) is 9.00 Å². The van der Waals surface area contributed by atoms with Crippen LogP contribution in [0.15, 0.2) is 24.3 Å². The van der Waals surface area contributed by atoms with Gasteiger partial charge in [0.05, 0.1) is 17.9 Å². The van der Waals surface area contributed by atoms with Crippen LogP contribution in [0.4, 0.5) is 0 Å². The molecule has 0 aliphatic rings. The number of para-hydroxylation sites is 1. The molecule has 0 amide bonds. The standard InChI is InChI=1S/C15H22O3S/c1-4-12(3)10-19(17)11-14(16)13-8-6-7-9-15(13)18-5-2/h6-9,12H,4-5,10-11H2,1-3H3. The molecule has 106 valence electrons. The average Bonchev–Trinajstić information content (AvgIpc) is 2.39. The summed E-state index contributed by atoms with van der Waals surface area (Å²) < 4.78 is 17.3. The Labute approximate surface area is 117 Å². The molecule has 0 bridgehead atoms. The van der Waals surface area contributed by atoms with Crippen molar-refractivity contribution >= 4 is 16.6 Å². The van der Waals surface area contributed by atoms with Crippen molar-refractivity contribution in [2.24, 2.45) is 5.92 Å². The van der Waals surface area contributed by atoms with Gasteiger partial charge in [-0.1, -0.05) is 32.4 Å². The average molecular weight is 282 g/mol. The van der Waals surface area contributed by atoms with E-state index in [0.717, 1.165) is 6.42 Å². The molecule has 0 aromatic heterocycles. The lowest BCUT2D eigenvalue weighted by Gasteiger charge is -2.10. The van der Waals surface area contributed by atoms with Crippen molar-refractivity contribution in [1.82, 2.24) is 0 Å². The van der Waals surface area contributed by atoms with Gasteiger partial charge < -0.3 is 4.74 Å². The van der Waals surface area contributed by atoms with Crippen molar-refractivity contribution in [3.63, 3.8) is 0 Å². The normalized spacial score (nSPS) is 13.8. The summed E-state index contributed by atoms with van der Waals surface area (Å²) in [5.74, 6) is 1.52. The fourth-order valence-electron chi connectivity index (χ4n) is 1.70. The Morgan fingerprint density at radius 1 is 1.32 bits per heavy atom. The van der Waals surface area contributed by atoms with Crippen LogP contribution in [0.5, 0.6) is 5.75 Å². The highest BCUT2D eigenvalue weighted by molar-refractivity contribution is 7.85. The van der Waals surface area contributed by atoms with Crippen LogP contribution in [0.3, 0.4) is 0 Å². The smallest absolute Gasteiger partial charge is 0.179 e. The Kier molecular flexibility index (Phi) is 6.78. The van der Waals surface area contributed by atoms with Crippen LogP contribution < -0.4 is 4.74 Å². The Morgan fingerprint density at radius 3 is 2.63 bits per heavy atom. The summed E-state index contributed by atoms with van der Waals surface area (Å²) in [6.07, 6.45) is 0.982. The molecule has 4 heteroatoms. The lowest BCUT2D eigenvalue weighted by molar-refractivity contribution is 0.101. The van der Waals surface area contributed by atoms with E-state index in [1.807, 2.05) is 13.0 Å². The minimum Gasteiger partial charge on any atom is -0.493 e. The topological polar surface area (TPSA) is 43.4 Å². The van der Waals surface area contributed by atoms with E-state index < -0.39 is 10.8 Å². The van der Waals surface area contributed by atoms with Crippen LogP contribution >= 0.6 is 0 Å². The van der Waals surface area contributed by atoms with Crippen molar-refractivity contribution < 1.29 is 13.7 Å². The number of benzene rings is 1. The number of carbonyl (C=O) groups is 1. The molecule has 3 nitrogen and oxygen atoms in total. The second-order valence-electron chi connectivity index (χ2n) is 4.62. The van der Waals surface area contributed by atoms with Crippen LogP contribution in [0, 0.1) is 5.92 Å². The van der Waals surface area contributed by atoms with Crippen molar-refractivity contribution in [2.45, 2.75) is 27.2 Å². The third kappa shape index (κ3) is 5.15. The fourth-order valence-corrected chi connectivity index (χ4v) is 3.13. The lowest BCUT2D eigenvalue weighted by atomic mass is 10.1. The van der Waals surface area contributed by atoms with Crippen LogP contribution in [-0.2, 0) is 10.8 Å². The molecular weight excluding hydrogens is 260 g/mol. The molecule has 19 heavy (non-hydrogen) atoms. The lowest BCUT2D eigenvalue weighted by Crippen LogP contribution is -2.17. The highest BCUT2D eigenvalue weighted by Crippen LogP contribution is 2.19. The molecule has 0 fully saturated rings. The van der Waals surface area contributed by atoms with E-state index in [1.54, 1.807) is 18.2 Å². The molecule has 0 aliphatic carbocycles. The van der Waals surface area contributed by atoms with Crippen LogP contribution in [0.1, 0.15) is 37.6 Å². The van der Waals surface area contributed by atoms with Crippen molar-refractivity contribution in [2.75, 3.05) is 18.1 Å². The maximum atomic E-state index is 12.1. The van der Waals surface area contributed by atoms with Crippen LogP contribution in [0.2, 0.25) is 0 Å². The van der Waals surface area contributed by atoms with Crippen LogP contribution in [0.25, 0.3) is 0 Å². The molecule has 0 radical (unpaired) electrons. The summed E-state index contributed by atoms with van der Waals surface area (Å²) in [7, 11) is -1.10. The zero-order valence-corrected chi connectivity index (χ0v) is 12.7. The molecule has 1 aromatic rings. The van der Waals surface area contributed by atoms with Gasteiger partial charge in [-0.2, -0.15) is 0 Å². The number of rotatable bonds is 8. The summed E-state index contributed by atoms with van der Waals surface area (Å²) in [5.41, 5.74) is 0.529. The molecule has 0 saturated heterocycles. The predicted molar refractivity (Wildman–Crippen MR) is 79.3 cm³/mol. The van der Waals surface area contributed by atoms with Gasteiger partial charge in [0.25, 0.3) is 0 Å². The number of Topliss-reactive ketones (excluding diaryl/α,β-unsaturated/α-hetero) is 1. The first-order valence-electron chi connectivity index (χ1n) is 6.68. The highest BCUT2D eigenvalue weighted by Gasteiger charge is 2.16. The second kappa shape index (κ2) is 8.10. The number of carbonyl (C=O) groups excluding carboxylic acids is 1. The molecule has 0 spiro atoms. The largest absolute Gasteiger partial charge is 0.493 e. The van der Waals surface area contributed by atoms with Gasteiger partial charge in [0.15, 0.2) is 5.78 Å². The van der Waals surface area contributed by atoms with E-state index in [4.69, 9.17) is 4.74 Å². The zero-order chi connectivity index (χ0) is 14.3. The summed E-state index contributed by atoms with van der Waals surface area (Å²) in [4.78, 5) is 12.1. The molecule has 2 unspecified atom stereocenters. The van der Waals surface area contributed by atoms with Gasteiger partial charge >= 0.3 is 0 Å². The minimum absolute atomic E-state index is 0.0778. The first-order chi connectivity index (χ1) is 9.08. The van der Waals surface area contributed by atoms with E-state index in [9.17, 15) is 9.00 Å². The molecule has 0 N–H and O–H groups in total. The first-order valence-corrected chi connectivity index (χ1v) is 8.17. The quantitative estimate of drug-likeness (QED) is 0.688. The van der Waals surface area contributed by atoms with Crippen molar-refractivity contribution in [1.29, 1.82) is 0 Å². The van der Waals surface area contributed by atoms with E-state index in [2.05, 4.69) is 13.8 Å². The Hall–Kier alpha value is -1.16. The Morgan fingerprint density at radius 2 is 2.00 bits per heavy atom. The van der Waals surface area contributed by atoms with Gasteiger partial charge in [-0.15, -0.1) is 0 Å². The summed E-state index contributed by atoms with van der Waals surface area (Å²) in [6.45, 7) is 6.51. The summed E-state index contributed by atoms with van der Waals surface area (Å²) in [6, 6.07) is 7.13. The number of hydrogen-bond acceptors (Lipinski definition) is 3. The maximum Gasteiger partial charge on any atom is 0.179 e. The number of hydrogen-bond donors (Lipinski definition) is 0. The van der Waals surface area contributed by atoms with E-state index in [1.165, 1.54) is 0 Å². The molecule has 1 aromatic carbocycles. The summed E-state index contributed by atoms with van der Waals surface area (Å²) >= 11 is 0. The molecule has 0 saturated carbocycles.